The maximum atomic E-state index is 12.3. The van der Waals surface area contributed by atoms with Gasteiger partial charge in [-0.05, 0) is 17.7 Å². The van der Waals surface area contributed by atoms with Crippen LogP contribution in [0.25, 0.3) is 0 Å². The van der Waals surface area contributed by atoms with Crippen molar-refractivity contribution in [3.8, 4) is 11.5 Å². The van der Waals surface area contributed by atoms with E-state index in [2.05, 4.69) is 20.3 Å². The first-order valence-corrected chi connectivity index (χ1v) is 5.53. The van der Waals surface area contributed by atoms with Crippen LogP contribution in [0.15, 0.2) is 30.6 Å². The van der Waals surface area contributed by atoms with E-state index in [1.165, 1.54) is 13.2 Å². The van der Waals surface area contributed by atoms with Crippen LogP contribution in [0.5, 0.6) is 11.5 Å². The molecule has 5 nitrogen and oxygen atoms in total. The van der Waals surface area contributed by atoms with Crippen molar-refractivity contribution in [2.75, 3.05) is 12.4 Å². The van der Waals surface area contributed by atoms with Crippen LogP contribution in [0.3, 0.4) is 0 Å². The van der Waals surface area contributed by atoms with Gasteiger partial charge in [0.2, 0.25) is 0 Å². The predicted octanol–water partition coefficient (Wildman–Crippen LogP) is 2.63. The van der Waals surface area contributed by atoms with E-state index in [0.717, 1.165) is 11.3 Å². The zero-order valence-corrected chi connectivity index (χ0v) is 10.2. The molecule has 2 rings (SSSR count). The molecule has 1 heterocycles. The Kier molecular flexibility index (Phi) is 4.17. The van der Waals surface area contributed by atoms with E-state index in [4.69, 9.17) is 4.74 Å². The van der Waals surface area contributed by atoms with Crippen molar-refractivity contribution in [3.63, 3.8) is 0 Å². The van der Waals surface area contributed by atoms with Crippen molar-refractivity contribution in [2.45, 2.75) is 13.2 Å². The molecule has 0 radical (unpaired) electrons. The number of nitrogens with zero attached hydrogens (tertiary/aromatic N) is 1. The summed E-state index contributed by atoms with van der Waals surface area (Å²) in [4.78, 5) is 0. The minimum absolute atomic E-state index is 0.0176. The molecule has 7 heteroatoms. The lowest BCUT2D eigenvalue weighted by atomic mass is 10.2. The highest BCUT2D eigenvalue weighted by molar-refractivity contribution is 5.45. The zero-order chi connectivity index (χ0) is 13.7. The summed E-state index contributed by atoms with van der Waals surface area (Å²) in [6.45, 7) is -2.42. The Morgan fingerprint density at radius 2 is 2.21 bits per heavy atom. The maximum Gasteiger partial charge on any atom is 0.387 e. The summed E-state index contributed by atoms with van der Waals surface area (Å²) in [5.74, 6) is 0.288. The lowest BCUT2D eigenvalue weighted by molar-refractivity contribution is -0.0512. The van der Waals surface area contributed by atoms with Crippen LogP contribution in [-0.2, 0) is 6.54 Å². The van der Waals surface area contributed by atoms with Crippen LogP contribution in [-0.4, -0.2) is 23.9 Å². The van der Waals surface area contributed by atoms with E-state index in [9.17, 15) is 8.78 Å². The standard InChI is InChI=1S/C12H13F2N3O2/c1-18-10-3-2-8(4-11(10)19-12(13)14)5-15-9-6-16-17-7-9/h2-4,6-7,12,15H,5H2,1H3,(H,16,17). The fourth-order valence-electron chi connectivity index (χ4n) is 1.57. The number of nitrogens with one attached hydrogen (secondary N) is 2. The molecule has 19 heavy (non-hydrogen) atoms. The van der Waals surface area contributed by atoms with Crippen LogP contribution >= 0.6 is 0 Å². The number of benzene rings is 1. The molecule has 2 aromatic rings. The molecular formula is C12H13F2N3O2. The molecule has 0 atom stereocenters. The average molecular weight is 269 g/mol. The number of aromatic amines is 1. The summed E-state index contributed by atoms with van der Waals surface area (Å²) < 4.78 is 33.9. The topological polar surface area (TPSA) is 59.2 Å². The van der Waals surface area contributed by atoms with Crippen molar-refractivity contribution in [2.24, 2.45) is 0 Å². The number of anilines is 1. The summed E-state index contributed by atoms with van der Waals surface area (Å²) in [5, 5.41) is 9.53. The molecule has 102 valence electrons. The molecule has 0 bridgehead atoms. The molecule has 0 amide bonds. The van der Waals surface area contributed by atoms with Crippen LogP contribution in [0.4, 0.5) is 14.5 Å². The largest absolute Gasteiger partial charge is 0.493 e. The number of aromatic nitrogens is 2. The number of ether oxygens (including phenoxy) is 2. The van der Waals surface area contributed by atoms with Crippen LogP contribution < -0.4 is 14.8 Å². The van der Waals surface area contributed by atoms with Gasteiger partial charge in [0.25, 0.3) is 0 Å². The van der Waals surface area contributed by atoms with Crippen LogP contribution in [0.1, 0.15) is 5.56 Å². The molecular weight excluding hydrogens is 256 g/mol. The van der Waals surface area contributed by atoms with E-state index >= 15 is 0 Å². The molecule has 0 unspecified atom stereocenters. The first-order chi connectivity index (χ1) is 9.19. The number of halogens is 2. The highest BCUT2D eigenvalue weighted by Crippen LogP contribution is 2.29. The van der Waals surface area contributed by atoms with E-state index in [0.29, 0.717) is 6.54 Å². The average Bonchev–Trinajstić information content (AvgIpc) is 2.89. The Hall–Kier alpha value is -2.31. The molecule has 0 aliphatic carbocycles. The third-order valence-corrected chi connectivity index (χ3v) is 2.44. The van der Waals surface area contributed by atoms with E-state index in [1.54, 1.807) is 24.5 Å². The Morgan fingerprint density at radius 1 is 1.37 bits per heavy atom. The Labute approximate surface area is 108 Å². The SMILES string of the molecule is COc1ccc(CNc2cn[nH]c2)cc1OC(F)F. The van der Waals surface area contributed by atoms with Gasteiger partial charge in [-0.3, -0.25) is 5.10 Å². The molecule has 0 saturated carbocycles. The lowest BCUT2D eigenvalue weighted by Crippen LogP contribution is -2.05. The quantitative estimate of drug-likeness (QED) is 0.846. The number of alkyl halides is 2. The number of hydrogen-bond donors (Lipinski definition) is 2. The van der Waals surface area contributed by atoms with Crippen molar-refractivity contribution in [1.82, 2.24) is 10.2 Å². The van der Waals surface area contributed by atoms with Gasteiger partial charge in [0.15, 0.2) is 11.5 Å². The molecule has 0 spiro atoms. The van der Waals surface area contributed by atoms with Gasteiger partial charge in [-0.15, -0.1) is 0 Å². The first kappa shape index (κ1) is 13.1. The van der Waals surface area contributed by atoms with Crippen LogP contribution in [0.2, 0.25) is 0 Å². The van der Waals surface area contributed by atoms with Gasteiger partial charge in [-0.2, -0.15) is 13.9 Å². The van der Waals surface area contributed by atoms with Gasteiger partial charge in [0.1, 0.15) is 0 Å². The zero-order valence-electron chi connectivity index (χ0n) is 10.2. The second-order valence-corrected chi connectivity index (χ2v) is 3.70. The minimum atomic E-state index is -2.88. The third kappa shape index (κ3) is 3.57. The molecule has 0 fully saturated rings. The monoisotopic (exact) mass is 269 g/mol. The highest BCUT2D eigenvalue weighted by Gasteiger charge is 2.11. The lowest BCUT2D eigenvalue weighted by Gasteiger charge is -2.11. The summed E-state index contributed by atoms with van der Waals surface area (Å²) in [6.07, 6.45) is 3.32. The minimum Gasteiger partial charge on any atom is -0.493 e. The summed E-state index contributed by atoms with van der Waals surface area (Å²) >= 11 is 0. The van der Waals surface area contributed by atoms with Crippen molar-refractivity contribution in [3.05, 3.63) is 36.2 Å². The molecule has 1 aromatic heterocycles. The number of hydrogen-bond acceptors (Lipinski definition) is 4. The van der Waals surface area contributed by atoms with Crippen molar-refractivity contribution < 1.29 is 18.3 Å². The summed E-state index contributed by atoms with van der Waals surface area (Å²) in [7, 11) is 1.40. The Balaban J connectivity index is 2.08. The van der Waals surface area contributed by atoms with Gasteiger partial charge >= 0.3 is 6.61 Å². The van der Waals surface area contributed by atoms with E-state index < -0.39 is 6.61 Å². The van der Waals surface area contributed by atoms with Gasteiger partial charge in [0, 0.05) is 12.7 Å². The second-order valence-electron chi connectivity index (χ2n) is 3.70. The molecule has 1 aromatic carbocycles. The molecule has 0 saturated heterocycles. The van der Waals surface area contributed by atoms with E-state index in [-0.39, 0.29) is 11.5 Å². The first-order valence-electron chi connectivity index (χ1n) is 5.53. The van der Waals surface area contributed by atoms with Gasteiger partial charge < -0.3 is 14.8 Å². The maximum absolute atomic E-state index is 12.3. The van der Waals surface area contributed by atoms with Crippen molar-refractivity contribution in [1.29, 1.82) is 0 Å². The molecule has 0 aliphatic heterocycles. The Bertz CT molecular complexity index is 518. The number of H-pyrrole nitrogens is 1. The predicted molar refractivity (Wildman–Crippen MR) is 65.5 cm³/mol. The number of methoxy groups -OCH3 is 1. The summed E-state index contributed by atoms with van der Waals surface area (Å²) in [6, 6.07) is 4.87. The second kappa shape index (κ2) is 6.03. The van der Waals surface area contributed by atoms with Gasteiger partial charge in [0.05, 0.1) is 19.0 Å². The normalized spacial score (nSPS) is 10.5. The summed E-state index contributed by atoms with van der Waals surface area (Å²) in [5.41, 5.74) is 1.60. The fourth-order valence-corrected chi connectivity index (χ4v) is 1.57. The molecule has 0 aliphatic rings. The van der Waals surface area contributed by atoms with E-state index in [1.807, 2.05) is 0 Å². The van der Waals surface area contributed by atoms with Crippen molar-refractivity contribution >= 4 is 5.69 Å². The molecule has 2 N–H and O–H groups in total. The number of rotatable bonds is 6. The van der Waals surface area contributed by atoms with Gasteiger partial charge in [-0.25, -0.2) is 0 Å². The third-order valence-electron chi connectivity index (χ3n) is 2.44. The smallest absolute Gasteiger partial charge is 0.387 e. The fraction of sp³-hybridized carbons (Fsp3) is 0.250. The van der Waals surface area contributed by atoms with Gasteiger partial charge in [-0.1, -0.05) is 6.07 Å². The Morgan fingerprint density at radius 3 is 2.84 bits per heavy atom. The highest BCUT2D eigenvalue weighted by atomic mass is 19.3. The van der Waals surface area contributed by atoms with Crippen LogP contribution in [0, 0.1) is 0 Å².